The third-order valence-electron chi connectivity index (χ3n) is 5.31. The molecule has 2 aromatic carbocycles. The van der Waals surface area contributed by atoms with Crippen molar-refractivity contribution in [3.8, 4) is 11.5 Å². The summed E-state index contributed by atoms with van der Waals surface area (Å²) in [6, 6.07) is 12.2. The number of anilines is 2. The van der Waals surface area contributed by atoms with Crippen molar-refractivity contribution in [3.63, 3.8) is 0 Å². The SMILES string of the molecule is COc1ccc(NC(=O)COC(=O)c2ccccc2NCCC2=CCCCC2)c(OC)c1. The van der Waals surface area contributed by atoms with Crippen LogP contribution in [0.1, 0.15) is 42.5 Å². The van der Waals surface area contributed by atoms with Crippen LogP contribution in [0, 0.1) is 0 Å². The van der Waals surface area contributed by atoms with E-state index in [2.05, 4.69) is 16.7 Å². The van der Waals surface area contributed by atoms with E-state index in [1.165, 1.54) is 25.5 Å². The van der Waals surface area contributed by atoms with Gasteiger partial charge in [0.1, 0.15) is 11.5 Å². The van der Waals surface area contributed by atoms with Crippen molar-refractivity contribution in [2.45, 2.75) is 32.1 Å². The number of hydrogen-bond donors (Lipinski definition) is 2. The van der Waals surface area contributed by atoms with E-state index < -0.39 is 18.5 Å². The predicted molar refractivity (Wildman–Crippen MR) is 125 cm³/mol. The van der Waals surface area contributed by atoms with Crippen molar-refractivity contribution in [2.75, 3.05) is 38.0 Å². The normalized spacial score (nSPS) is 13.0. The zero-order chi connectivity index (χ0) is 22.8. The van der Waals surface area contributed by atoms with Gasteiger partial charge in [0.2, 0.25) is 0 Å². The molecule has 7 nitrogen and oxygen atoms in total. The summed E-state index contributed by atoms with van der Waals surface area (Å²) < 4.78 is 15.7. The minimum Gasteiger partial charge on any atom is -0.497 e. The van der Waals surface area contributed by atoms with Crippen LogP contribution in [0.5, 0.6) is 11.5 Å². The molecule has 1 aliphatic carbocycles. The molecule has 0 unspecified atom stereocenters. The topological polar surface area (TPSA) is 85.9 Å². The van der Waals surface area contributed by atoms with E-state index in [0.29, 0.717) is 28.4 Å². The lowest BCUT2D eigenvalue weighted by atomic mass is 9.97. The van der Waals surface area contributed by atoms with Crippen molar-refractivity contribution in [2.24, 2.45) is 0 Å². The molecule has 0 radical (unpaired) electrons. The zero-order valence-corrected chi connectivity index (χ0v) is 18.6. The zero-order valence-electron chi connectivity index (χ0n) is 18.6. The highest BCUT2D eigenvalue weighted by Gasteiger charge is 2.16. The van der Waals surface area contributed by atoms with Crippen molar-refractivity contribution >= 4 is 23.3 Å². The lowest BCUT2D eigenvalue weighted by molar-refractivity contribution is -0.119. The van der Waals surface area contributed by atoms with E-state index in [0.717, 1.165) is 25.8 Å². The van der Waals surface area contributed by atoms with Crippen LogP contribution in [0.2, 0.25) is 0 Å². The number of hydrogen-bond acceptors (Lipinski definition) is 6. The Morgan fingerprint density at radius 3 is 2.59 bits per heavy atom. The first kappa shape index (κ1) is 23.2. The molecule has 0 spiro atoms. The van der Waals surface area contributed by atoms with Gasteiger partial charge < -0.3 is 24.8 Å². The number of para-hydroxylation sites is 1. The molecule has 0 aromatic heterocycles. The quantitative estimate of drug-likeness (QED) is 0.409. The second-order valence-electron chi connectivity index (χ2n) is 7.52. The minimum absolute atomic E-state index is 0.403. The summed E-state index contributed by atoms with van der Waals surface area (Å²) in [5.41, 5.74) is 3.04. The number of esters is 1. The molecular formula is C25H30N2O5. The van der Waals surface area contributed by atoms with E-state index in [9.17, 15) is 9.59 Å². The van der Waals surface area contributed by atoms with Crippen LogP contribution in [0.4, 0.5) is 11.4 Å². The summed E-state index contributed by atoms with van der Waals surface area (Å²) in [5, 5.41) is 6.01. The number of carbonyl (C=O) groups excluding carboxylic acids is 2. The van der Waals surface area contributed by atoms with Crippen LogP contribution in [0.15, 0.2) is 54.1 Å². The highest BCUT2D eigenvalue weighted by Crippen LogP contribution is 2.29. The van der Waals surface area contributed by atoms with Crippen LogP contribution in [-0.4, -0.2) is 39.2 Å². The standard InChI is InChI=1S/C25H30N2O5/c1-30-19-12-13-22(23(16-19)31-2)27-24(28)17-32-25(29)20-10-6-7-11-21(20)26-15-14-18-8-4-3-5-9-18/h6-8,10-13,16,26H,3-5,9,14-15,17H2,1-2H3,(H,27,28). The molecular weight excluding hydrogens is 408 g/mol. The number of benzene rings is 2. The molecule has 0 bridgehead atoms. The van der Waals surface area contributed by atoms with Crippen molar-refractivity contribution in [1.82, 2.24) is 0 Å². The van der Waals surface area contributed by atoms with Gasteiger partial charge >= 0.3 is 5.97 Å². The summed E-state index contributed by atoms with van der Waals surface area (Å²) >= 11 is 0. The maximum Gasteiger partial charge on any atom is 0.340 e. The van der Waals surface area contributed by atoms with Crippen molar-refractivity contribution in [1.29, 1.82) is 0 Å². The predicted octanol–water partition coefficient (Wildman–Crippen LogP) is 4.80. The fraction of sp³-hybridized carbons (Fsp3) is 0.360. The van der Waals surface area contributed by atoms with Gasteiger partial charge in [-0.05, 0) is 56.4 Å². The van der Waals surface area contributed by atoms with Gasteiger partial charge in [0.05, 0.1) is 25.5 Å². The summed E-state index contributed by atoms with van der Waals surface area (Å²) in [4.78, 5) is 24.9. The first-order valence-corrected chi connectivity index (χ1v) is 10.8. The summed E-state index contributed by atoms with van der Waals surface area (Å²) in [6.07, 6.45) is 8.10. The van der Waals surface area contributed by atoms with E-state index in [1.807, 2.05) is 12.1 Å². The van der Waals surface area contributed by atoms with E-state index in [1.54, 1.807) is 37.4 Å². The lowest BCUT2D eigenvalue weighted by Crippen LogP contribution is -2.21. The van der Waals surface area contributed by atoms with Crippen LogP contribution < -0.4 is 20.1 Å². The molecule has 1 aliphatic rings. The summed E-state index contributed by atoms with van der Waals surface area (Å²) in [5.74, 6) is 0.0418. The maximum absolute atomic E-state index is 12.6. The fourth-order valence-electron chi connectivity index (χ4n) is 3.60. The molecule has 0 fully saturated rings. The Balaban J connectivity index is 1.53. The minimum atomic E-state index is -0.554. The average Bonchev–Trinajstić information content (AvgIpc) is 2.83. The average molecular weight is 439 g/mol. The van der Waals surface area contributed by atoms with Crippen LogP contribution >= 0.6 is 0 Å². The molecule has 0 atom stereocenters. The third kappa shape index (κ3) is 6.51. The third-order valence-corrected chi connectivity index (χ3v) is 5.31. The maximum atomic E-state index is 12.6. The molecule has 1 amide bonds. The molecule has 0 saturated carbocycles. The van der Waals surface area contributed by atoms with E-state index in [4.69, 9.17) is 14.2 Å². The Morgan fingerprint density at radius 1 is 1.00 bits per heavy atom. The Hall–Kier alpha value is -3.48. The van der Waals surface area contributed by atoms with Crippen molar-refractivity contribution in [3.05, 3.63) is 59.7 Å². The molecule has 0 aliphatic heterocycles. The molecule has 7 heteroatoms. The van der Waals surface area contributed by atoms with Gasteiger partial charge in [0.25, 0.3) is 5.91 Å². The smallest absolute Gasteiger partial charge is 0.340 e. The van der Waals surface area contributed by atoms with Crippen LogP contribution in [-0.2, 0) is 9.53 Å². The van der Waals surface area contributed by atoms with Crippen molar-refractivity contribution < 1.29 is 23.8 Å². The Bertz CT molecular complexity index is 971. The van der Waals surface area contributed by atoms with E-state index in [-0.39, 0.29) is 0 Å². The second-order valence-corrected chi connectivity index (χ2v) is 7.52. The van der Waals surface area contributed by atoms with Gasteiger partial charge in [-0.25, -0.2) is 4.79 Å². The van der Waals surface area contributed by atoms with Gasteiger partial charge in [0.15, 0.2) is 6.61 Å². The number of carbonyl (C=O) groups is 2. The molecule has 0 heterocycles. The van der Waals surface area contributed by atoms with Gasteiger partial charge in [-0.15, -0.1) is 0 Å². The summed E-state index contributed by atoms with van der Waals surface area (Å²) in [6.45, 7) is 0.336. The number of allylic oxidation sites excluding steroid dienone is 1. The van der Waals surface area contributed by atoms with E-state index >= 15 is 0 Å². The number of ether oxygens (including phenoxy) is 3. The fourth-order valence-corrected chi connectivity index (χ4v) is 3.60. The van der Waals surface area contributed by atoms with Crippen LogP contribution in [0.3, 0.4) is 0 Å². The second kappa shape index (κ2) is 11.8. The molecule has 0 saturated heterocycles. The number of amides is 1. The highest BCUT2D eigenvalue weighted by molar-refractivity contribution is 5.99. The highest BCUT2D eigenvalue weighted by atomic mass is 16.5. The number of nitrogens with one attached hydrogen (secondary N) is 2. The molecule has 2 N–H and O–H groups in total. The van der Waals surface area contributed by atoms with Gasteiger partial charge in [0, 0.05) is 18.3 Å². The lowest BCUT2D eigenvalue weighted by Gasteiger charge is -2.15. The Labute approximate surface area is 188 Å². The monoisotopic (exact) mass is 438 g/mol. The van der Waals surface area contributed by atoms with Gasteiger partial charge in [-0.2, -0.15) is 0 Å². The van der Waals surface area contributed by atoms with Gasteiger partial charge in [-0.1, -0.05) is 23.8 Å². The summed E-state index contributed by atoms with van der Waals surface area (Å²) in [7, 11) is 3.05. The first-order chi connectivity index (χ1) is 15.6. The Kier molecular flexibility index (Phi) is 8.54. The van der Waals surface area contributed by atoms with Crippen LogP contribution in [0.25, 0.3) is 0 Å². The molecule has 32 heavy (non-hydrogen) atoms. The number of rotatable bonds is 10. The molecule has 3 rings (SSSR count). The largest absolute Gasteiger partial charge is 0.497 e. The van der Waals surface area contributed by atoms with Gasteiger partial charge in [-0.3, -0.25) is 4.79 Å². The number of methoxy groups -OCH3 is 2. The Morgan fingerprint density at radius 2 is 1.84 bits per heavy atom. The first-order valence-electron chi connectivity index (χ1n) is 10.8. The molecule has 2 aromatic rings. The molecule has 170 valence electrons.